The van der Waals surface area contributed by atoms with Crippen LogP contribution in [0, 0.1) is 0 Å². The van der Waals surface area contributed by atoms with Gasteiger partial charge in [-0.25, -0.2) is 4.79 Å². The van der Waals surface area contributed by atoms with Gasteiger partial charge >= 0.3 is 5.97 Å². The third-order valence-electron chi connectivity index (χ3n) is 2.94. The first-order valence-corrected chi connectivity index (χ1v) is 7.29. The molecule has 0 bridgehead atoms. The van der Waals surface area contributed by atoms with E-state index in [1.54, 1.807) is 18.2 Å². The van der Waals surface area contributed by atoms with Gasteiger partial charge in [0, 0.05) is 22.1 Å². The Bertz CT molecular complexity index is 453. The van der Waals surface area contributed by atoms with Gasteiger partial charge in [0.05, 0.1) is 18.4 Å². The summed E-state index contributed by atoms with van der Waals surface area (Å²) in [6.45, 7) is 2.21. The first-order valence-electron chi connectivity index (χ1n) is 5.86. The number of thioether (sulfide) groups is 1. The summed E-state index contributed by atoms with van der Waals surface area (Å²) >= 11 is 7.92. The highest BCUT2D eigenvalue weighted by Crippen LogP contribution is 2.30. The quantitative estimate of drug-likeness (QED) is 0.864. The fourth-order valence-corrected chi connectivity index (χ4v) is 3.38. The summed E-state index contributed by atoms with van der Waals surface area (Å²) in [5.74, 6) is 0.710. The van der Waals surface area contributed by atoms with Crippen molar-refractivity contribution < 1.29 is 9.53 Å². The first-order chi connectivity index (χ1) is 8.60. The fourth-order valence-electron chi connectivity index (χ4n) is 2.06. The molecule has 0 aliphatic carbocycles. The minimum absolute atomic E-state index is 0.340. The van der Waals surface area contributed by atoms with Crippen LogP contribution in [0.3, 0.4) is 0 Å². The van der Waals surface area contributed by atoms with Crippen LogP contribution in [0.4, 0.5) is 5.69 Å². The smallest absolute Gasteiger partial charge is 0.339 e. The zero-order valence-electron chi connectivity index (χ0n) is 10.4. The van der Waals surface area contributed by atoms with Crippen LogP contribution in [0.2, 0.25) is 5.02 Å². The molecule has 1 fully saturated rings. The lowest BCUT2D eigenvalue weighted by molar-refractivity contribution is 0.0602. The molecule has 2 unspecified atom stereocenters. The van der Waals surface area contributed by atoms with E-state index in [2.05, 4.69) is 12.2 Å². The minimum atomic E-state index is -0.340. The molecule has 0 saturated carbocycles. The molecule has 1 saturated heterocycles. The predicted octanol–water partition coefficient (Wildman–Crippen LogP) is 3.43. The lowest BCUT2D eigenvalue weighted by atomic mass is 10.1. The van der Waals surface area contributed by atoms with Crippen molar-refractivity contribution in [3.8, 4) is 0 Å². The molecule has 3 nitrogen and oxygen atoms in total. The van der Waals surface area contributed by atoms with Gasteiger partial charge in [0.25, 0.3) is 0 Å². The molecule has 2 atom stereocenters. The van der Waals surface area contributed by atoms with Gasteiger partial charge in [-0.1, -0.05) is 18.5 Å². The molecule has 1 aliphatic rings. The number of hydrogen-bond acceptors (Lipinski definition) is 4. The Balaban J connectivity index is 2.19. The first kappa shape index (κ1) is 13.6. The van der Waals surface area contributed by atoms with E-state index < -0.39 is 0 Å². The van der Waals surface area contributed by atoms with Gasteiger partial charge in [0.2, 0.25) is 0 Å². The lowest BCUT2D eigenvalue weighted by Gasteiger charge is -2.16. The number of benzene rings is 1. The zero-order valence-corrected chi connectivity index (χ0v) is 12.0. The Morgan fingerprint density at radius 2 is 2.33 bits per heavy atom. The number of esters is 1. The Kier molecular flexibility index (Phi) is 4.40. The number of hydrogen-bond donors (Lipinski definition) is 1. The van der Waals surface area contributed by atoms with Crippen molar-refractivity contribution in [1.29, 1.82) is 0 Å². The van der Waals surface area contributed by atoms with E-state index in [4.69, 9.17) is 16.3 Å². The van der Waals surface area contributed by atoms with Crippen LogP contribution in [0.1, 0.15) is 23.7 Å². The number of nitrogens with one attached hydrogen (secondary N) is 1. The SMILES string of the molecule is COC(=O)c1ccc(Cl)cc1NC1CSC(C)C1. The van der Waals surface area contributed by atoms with Crippen molar-refractivity contribution in [3.63, 3.8) is 0 Å². The van der Waals surface area contributed by atoms with Gasteiger partial charge in [-0.05, 0) is 24.6 Å². The number of halogens is 1. The molecule has 18 heavy (non-hydrogen) atoms. The van der Waals surface area contributed by atoms with Gasteiger partial charge in [-0.15, -0.1) is 0 Å². The van der Waals surface area contributed by atoms with E-state index in [0.717, 1.165) is 17.9 Å². The summed E-state index contributed by atoms with van der Waals surface area (Å²) in [7, 11) is 1.38. The van der Waals surface area contributed by atoms with Gasteiger partial charge in [0.15, 0.2) is 0 Å². The molecular formula is C13H16ClNO2S. The van der Waals surface area contributed by atoms with Crippen LogP contribution in [0.25, 0.3) is 0 Å². The second-order valence-corrected chi connectivity index (χ2v) is 6.31. The monoisotopic (exact) mass is 285 g/mol. The molecule has 0 radical (unpaired) electrons. The largest absolute Gasteiger partial charge is 0.465 e. The van der Waals surface area contributed by atoms with Crippen molar-refractivity contribution in [1.82, 2.24) is 0 Å². The molecule has 98 valence electrons. The predicted molar refractivity (Wildman–Crippen MR) is 76.7 cm³/mol. The van der Waals surface area contributed by atoms with E-state index in [1.807, 2.05) is 11.8 Å². The summed E-state index contributed by atoms with van der Waals surface area (Å²) in [6.07, 6.45) is 1.10. The Morgan fingerprint density at radius 1 is 1.56 bits per heavy atom. The maximum Gasteiger partial charge on any atom is 0.339 e. The fraction of sp³-hybridized carbons (Fsp3) is 0.462. The van der Waals surface area contributed by atoms with E-state index in [1.165, 1.54) is 7.11 Å². The number of rotatable bonds is 3. The van der Waals surface area contributed by atoms with Crippen molar-refractivity contribution in [3.05, 3.63) is 28.8 Å². The topological polar surface area (TPSA) is 38.3 Å². The number of anilines is 1. The molecule has 1 aromatic rings. The molecule has 0 spiro atoms. The zero-order chi connectivity index (χ0) is 13.1. The van der Waals surface area contributed by atoms with E-state index >= 15 is 0 Å². The van der Waals surface area contributed by atoms with Gasteiger partial charge < -0.3 is 10.1 Å². The molecule has 0 aromatic heterocycles. The van der Waals surface area contributed by atoms with Crippen molar-refractivity contribution >= 4 is 35.0 Å². The molecule has 0 amide bonds. The second-order valence-electron chi connectivity index (χ2n) is 4.40. The molecular weight excluding hydrogens is 270 g/mol. The highest BCUT2D eigenvalue weighted by atomic mass is 35.5. The van der Waals surface area contributed by atoms with Gasteiger partial charge in [-0.3, -0.25) is 0 Å². The Morgan fingerprint density at radius 3 is 2.94 bits per heavy atom. The number of carbonyl (C=O) groups is 1. The molecule has 2 rings (SSSR count). The number of methoxy groups -OCH3 is 1. The lowest BCUT2D eigenvalue weighted by Crippen LogP contribution is -2.21. The van der Waals surface area contributed by atoms with Gasteiger partial charge in [-0.2, -0.15) is 11.8 Å². The van der Waals surface area contributed by atoms with Crippen LogP contribution in [-0.2, 0) is 4.74 Å². The molecule has 5 heteroatoms. The average Bonchev–Trinajstić information content (AvgIpc) is 2.74. The van der Waals surface area contributed by atoms with Crippen LogP contribution < -0.4 is 5.32 Å². The summed E-state index contributed by atoms with van der Waals surface area (Å²) in [4.78, 5) is 11.7. The van der Waals surface area contributed by atoms with Crippen molar-refractivity contribution in [2.24, 2.45) is 0 Å². The van der Waals surface area contributed by atoms with Crippen LogP contribution in [0.5, 0.6) is 0 Å². The van der Waals surface area contributed by atoms with Crippen LogP contribution in [0.15, 0.2) is 18.2 Å². The number of ether oxygens (including phenoxy) is 1. The van der Waals surface area contributed by atoms with E-state index in [0.29, 0.717) is 21.9 Å². The Hall–Kier alpha value is -0.870. The third-order valence-corrected chi connectivity index (χ3v) is 4.54. The van der Waals surface area contributed by atoms with E-state index in [-0.39, 0.29) is 5.97 Å². The minimum Gasteiger partial charge on any atom is -0.465 e. The highest BCUT2D eigenvalue weighted by Gasteiger charge is 2.23. The maximum absolute atomic E-state index is 11.7. The second kappa shape index (κ2) is 5.85. The molecule has 1 heterocycles. The summed E-state index contributed by atoms with van der Waals surface area (Å²) in [5.41, 5.74) is 1.29. The van der Waals surface area contributed by atoms with E-state index in [9.17, 15) is 4.79 Å². The molecule has 1 N–H and O–H groups in total. The third kappa shape index (κ3) is 3.12. The number of carbonyl (C=O) groups excluding carboxylic acids is 1. The average molecular weight is 286 g/mol. The summed E-state index contributed by atoms with van der Waals surface area (Å²) in [5, 5.41) is 4.66. The maximum atomic E-state index is 11.7. The summed E-state index contributed by atoms with van der Waals surface area (Å²) in [6, 6.07) is 5.56. The van der Waals surface area contributed by atoms with Crippen LogP contribution in [-0.4, -0.2) is 30.1 Å². The highest BCUT2D eigenvalue weighted by molar-refractivity contribution is 8.00. The van der Waals surface area contributed by atoms with Crippen LogP contribution >= 0.6 is 23.4 Å². The molecule has 1 aliphatic heterocycles. The molecule has 1 aromatic carbocycles. The standard InChI is InChI=1S/C13H16ClNO2S/c1-8-5-10(7-18-8)15-12-6-9(14)3-4-11(12)13(16)17-2/h3-4,6,8,10,15H,5,7H2,1-2H3. The Labute approximate surface area is 116 Å². The van der Waals surface area contributed by atoms with Crippen molar-refractivity contribution in [2.45, 2.75) is 24.6 Å². The summed E-state index contributed by atoms with van der Waals surface area (Å²) < 4.78 is 4.78. The van der Waals surface area contributed by atoms with Gasteiger partial charge in [0.1, 0.15) is 0 Å². The van der Waals surface area contributed by atoms with Crippen molar-refractivity contribution in [2.75, 3.05) is 18.2 Å². The normalized spacial score (nSPS) is 22.8.